The Labute approximate surface area is 157 Å². The summed E-state index contributed by atoms with van der Waals surface area (Å²) in [7, 11) is 1.50. The van der Waals surface area contributed by atoms with Crippen molar-refractivity contribution in [2.24, 2.45) is 0 Å². The molecule has 1 N–H and O–H groups in total. The molecule has 0 atom stereocenters. The van der Waals surface area contributed by atoms with Crippen molar-refractivity contribution in [1.29, 1.82) is 0 Å². The van der Waals surface area contributed by atoms with Crippen molar-refractivity contribution in [3.8, 4) is 11.5 Å². The lowest BCUT2D eigenvalue weighted by molar-refractivity contribution is -0.149. The van der Waals surface area contributed by atoms with E-state index in [0.29, 0.717) is 22.2 Å². The Bertz CT molecular complexity index is 761. The molecule has 2 aromatic carbocycles. The molecule has 7 heteroatoms. The average Bonchev–Trinajstić information content (AvgIpc) is 2.65. The number of halogens is 1. The van der Waals surface area contributed by atoms with E-state index < -0.39 is 18.5 Å². The lowest BCUT2D eigenvalue weighted by Crippen LogP contribution is -2.23. The first-order valence-corrected chi connectivity index (χ1v) is 8.40. The van der Waals surface area contributed by atoms with E-state index in [1.165, 1.54) is 12.7 Å². The molecule has 1 amide bonds. The molecule has 0 aromatic heterocycles. The van der Waals surface area contributed by atoms with Crippen molar-refractivity contribution < 1.29 is 23.8 Å². The summed E-state index contributed by atoms with van der Waals surface area (Å²) in [6.45, 7) is 1.37. The normalized spacial score (nSPS) is 10.1. The molecule has 26 heavy (non-hydrogen) atoms. The zero-order chi connectivity index (χ0) is 18.9. The van der Waals surface area contributed by atoms with E-state index in [0.717, 1.165) is 6.42 Å². The van der Waals surface area contributed by atoms with Crippen LogP contribution in [-0.4, -0.2) is 32.2 Å². The number of nitrogens with one attached hydrogen (secondary N) is 1. The molecular weight excluding hydrogens is 358 g/mol. The van der Waals surface area contributed by atoms with Crippen molar-refractivity contribution in [2.75, 3.05) is 25.6 Å². The summed E-state index contributed by atoms with van der Waals surface area (Å²) in [4.78, 5) is 23.5. The molecule has 138 valence electrons. The van der Waals surface area contributed by atoms with Gasteiger partial charge in [0, 0.05) is 5.69 Å². The number of aryl methyl sites for hydroxylation is 1. The van der Waals surface area contributed by atoms with Gasteiger partial charge in [-0.15, -0.1) is 0 Å². The number of ether oxygens (including phenoxy) is 3. The van der Waals surface area contributed by atoms with Crippen LogP contribution in [0.3, 0.4) is 0 Å². The summed E-state index contributed by atoms with van der Waals surface area (Å²) in [6.07, 6.45) is 0.927. The molecular formula is C19H20ClNO5. The molecule has 0 saturated heterocycles. The Kier molecular flexibility index (Phi) is 7.29. The number of methoxy groups -OCH3 is 1. The van der Waals surface area contributed by atoms with Crippen LogP contribution in [-0.2, 0) is 20.7 Å². The van der Waals surface area contributed by atoms with Crippen molar-refractivity contribution >= 4 is 29.2 Å². The van der Waals surface area contributed by atoms with Crippen molar-refractivity contribution in [2.45, 2.75) is 13.3 Å². The van der Waals surface area contributed by atoms with Gasteiger partial charge in [-0.2, -0.15) is 0 Å². The number of hydrogen-bond acceptors (Lipinski definition) is 5. The SMILES string of the molecule is CCc1ccc(OCC(=O)OCC(=O)Nc2ccc(OC)c(Cl)c2)cc1. The third-order valence-corrected chi connectivity index (χ3v) is 3.78. The zero-order valence-electron chi connectivity index (χ0n) is 14.6. The number of carbonyl (C=O) groups is 2. The Hall–Kier alpha value is -2.73. The van der Waals surface area contributed by atoms with Crippen molar-refractivity contribution in [3.63, 3.8) is 0 Å². The number of esters is 1. The predicted octanol–water partition coefficient (Wildman–Crippen LogP) is 3.47. The minimum absolute atomic E-state index is 0.271. The second-order valence-corrected chi connectivity index (χ2v) is 5.75. The zero-order valence-corrected chi connectivity index (χ0v) is 15.3. The molecule has 2 rings (SSSR count). The average molecular weight is 378 g/mol. The molecule has 0 bridgehead atoms. The van der Waals surface area contributed by atoms with Gasteiger partial charge in [0.05, 0.1) is 12.1 Å². The first-order chi connectivity index (χ1) is 12.5. The summed E-state index contributed by atoms with van der Waals surface area (Å²) in [5, 5.41) is 2.94. The van der Waals surface area contributed by atoms with E-state index >= 15 is 0 Å². The van der Waals surface area contributed by atoms with Gasteiger partial charge in [0.1, 0.15) is 11.5 Å². The van der Waals surface area contributed by atoms with Gasteiger partial charge in [-0.25, -0.2) is 4.79 Å². The van der Waals surface area contributed by atoms with Crippen LogP contribution >= 0.6 is 11.6 Å². The highest BCUT2D eigenvalue weighted by atomic mass is 35.5. The van der Waals surface area contributed by atoms with E-state index in [4.69, 9.17) is 25.8 Å². The summed E-state index contributed by atoms with van der Waals surface area (Å²) in [5.41, 5.74) is 1.65. The largest absolute Gasteiger partial charge is 0.495 e. The van der Waals surface area contributed by atoms with Gasteiger partial charge in [-0.05, 0) is 42.3 Å². The smallest absolute Gasteiger partial charge is 0.344 e. The Morgan fingerprint density at radius 3 is 2.42 bits per heavy atom. The van der Waals surface area contributed by atoms with Crippen LogP contribution < -0.4 is 14.8 Å². The summed E-state index contributed by atoms with van der Waals surface area (Å²) < 4.78 is 15.2. The second-order valence-electron chi connectivity index (χ2n) is 5.34. The lowest BCUT2D eigenvalue weighted by atomic mass is 10.2. The monoisotopic (exact) mass is 377 g/mol. The van der Waals surface area contributed by atoms with Gasteiger partial charge in [-0.3, -0.25) is 4.79 Å². The van der Waals surface area contributed by atoms with Gasteiger partial charge in [-0.1, -0.05) is 30.7 Å². The van der Waals surface area contributed by atoms with Gasteiger partial charge in [0.15, 0.2) is 13.2 Å². The molecule has 0 spiro atoms. The molecule has 0 fully saturated rings. The maximum absolute atomic E-state index is 11.8. The quantitative estimate of drug-likeness (QED) is 0.713. The highest BCUT2D eigenvalue weighted by Crippen LogP contribution is 2.27. The minimum atomic E-state index is -0.632. The van der Waals surface area contributed by atoms with Gasteiger partial charge >= 0.3 is 5.97 Å². The van der Waals surface area contributed by atoms with Gasteiger partial charge < -0.3 is 19.5 Å². The van der Waals surface area contributed by atoms with Crippen LogP contribution in [0.5, 0.6) is 11.5 Å². The van der Waals surface area contributed by atoms with E-state index in [1.54, 1.807) is 30.3 Å². The molecule has 0 saturated carbocycles. The summed E-state index contributed by atoms with van der Waals surface area (Å²) in [6, 6.07) is 12.2. The first-order valence-electron chi connectivity index (χ1n) is 8.02. The van der Waals surface area contributed by atoms with Crippen LogP contribution in [0, 0.1) is 0 Å². The first kappa shape index (κ1) is 19.6. The molecule has 0 radical (unpaired) electrons. The Morgan fingerprint density at radius 1 is 1.08 bits per heavy atom. The number of benzene rings is 2. The number of amides is 1. The van der Waals surface area contributed by atoms with Crippen LogP contribution in [0.2, 0.25) is 5.02 Å². The predicted molar refractivity (Wildman–Crippen MR) is 98.9 cm³/mol. The van der Waals surface area contributed by atoms with E-state index in [-0.39, 0.29) is 6.61 Å². The fourth-order valence-electron chi connectivity index (χ4n) is 2.09. The molecule has 0 aliphatic carbocycles. The number of carbonyl (C=O) groups excluding carboxylic acids is 2. The van der Waals surface area contributed by atoms with Crippen LogP contribution in [0.25, 0.3) is 0 Å². The lowest BCUT2D eigenvalue weighted by Gasteiger charge is -2.09. The molecule has 2 aromatic rings. The highest BCUT2D eigenvalue weighted by Gasteiger charge is 2.10. The second kappa shape index (κ2) is 9.68. The van der Waals surface area contributed by atoms with E-state index in [1.807, 2.05) is 12.1 Å². The fourth-order valence-corrected chi connectivity index (χ4v) is 2.35. The maximum Gasteiger partial charge on any atom is 0.344 e. The summed E-state index contributed by atoms with van der Waals surface area (Å²) >= 11 is 5.98. The summed E-state index contributed by atoms with van der Waals surface area (Å²) in [5.74, 6) is -0.0453. The van der Waals surface area contributed by atoms with Crippen LogP contribution in [0.15, 0.2) is 42.5 Å². The third-order valence-electron chi connectivity index (χ3n) is 3.49. The Balaban J connectivity index is 1.74. The topological polar surface area (TPSA) is 73.9 Å². The number of hydrogen-bond donors (Lipinski definition) is 1. The third kappa shape index (κ3) is 5.97. The fraction of sp³-hybridized carbons (Fsp3) is 0.263. The maximum atomic E-state index is 11.8. The van der Waals surface area contributed by atoms with E-state index in [9.17, 15) is 9.59 Å². The molecule has 0 aliphatic heterocycles. The minimum Gasteiger partial charge on any atom is -0.495 e. The van der Waals surface area contributed by atoms with Gasteiger partial charge in [0.25, 0.3) is 5.91 Å². The standard InChI is InChI=1S/C19H20ClNO5/c1-3-13-4-7-15(8-5-13)25-12-19(23)26-11-18(22)21-14-6-9-17(24-2)16(20)10-14/h4-10H,3,11-12H2,1-2H3,(H,21,22). The van der Waals surface area contributed by atoms with Crippen molar-refractivity contribution in [1.82, 2.24) is 0 Å². The highest BCUT2D eigenvalue weighted by molar-refractivity contribution is 6.32. The van der Waals surface area contributed by atoms with Gasteiger partial charge in [0.2, 0.25) is 0 Å². The number of anilines is 1. The van der Waals surface area contributed by atoms with Crippen LogP contribution in [0.4, 0.5) is 5.69 Å². The molecule has 0 heterocycles. The van der Waals surface area contributed by atoms with E-state index in [2.05, 4.69) is 12.2 Å². The molecule has 6 nitrogen and oxygen atoms in total. The molecule has 0 unspecified atom stereocenters. The molecule has 0 aliphatic rings. The Morgan fingerprint density at radius 2 is 1.81 bits per heavy atom. The van der Waals surface area contributed by atoms with Crippen LogP contribution in [0.1, 0.15) is 12.5 Å². The number of rotatable bonds is 8. The van der Waals surface area contributed by atoms with Crippen molar-refractivity contribution in [3.05, 3.63) is 53.1 Å².